The van der Waals surface area contributed by atoms with Gasteiger partial charge in [0.25, 0.3) is 0 Å². The lowest BCUT2D eigenvalue weighted by molar-refractivity contribution is -0.282. The van der Waals surface area contributed by atoms with Gasteiger partial charge in [-0.1, -0.05) is 0 Å². The third-order valence-electron chi connectivity index (χ3n) is 2.71. The summed E-state index contributed by atoms with van der Waals surface area (Å²) in [6.45, 7) is 0. The minimum absolute atomic E-state index is 0. The molecule has 4 atom stereocenters. The van der Waals surface area contributed by atoms with Crippen molar-refractivity contribution >= 4 is 18.2 Å². The molecule has 5 N–H and O–H groups in total. The van der Waals surface area contributed by atoms with Crippen molar-refractivity contribution in [3.8, 4) is 0 Å². The van der Waals surface area contributed by atoms with E-state index in [0.717, 1.165) is 6.20 Å². The van der Waals surface area contributed by atoms with E-state index < -0.39 is 36.3 Å². The quantitative estimate of drug-likeness (QED) is 0.519. The number of aliphatic hydroxyl groups excluding tert-OH is 2. The summed E-state index contributed by atoms with van der Waals surface area (Å²) in [5.41, 5.74) is 4.30. The van der Waals surface area contributed by atoms with Crippen LogP contribution >= 0.6 is 12.4 Å². The lowest BCUT2D eigenvalue weighted by atomic mass is 10.1. The van der Waals surface area contributed by atoms with Gasteiger partial charge in [-0.2, -0.15) is 13.8 Å². The molecule has 0 unspecified atom stereocenters. The predicted molar refractivity (Wildman–Crippen MR) is 63.2 cm³/mol. The number of ether oxygens (including phenoxy) is 1. The average Bonchev–Trinajstić information content (AvgIpc) is 2.56. The van der Waals surface area contributed by atoms with Crippen LogP contribution in [0.2, 0.25) is 0 Å². The zero-order valence-electron chi connectivity index (χ0n) is 9.76. The first-order chi connectivity index (χ1) is 8.71. The monoisotopic (exact) mass is 315 g/mol. The van der Waals surface area contributed by atoms with Gasteiger partial charge in [-0.3, -0.25) is 4.57 Å². The molecule has 0 aromatic carbocycles. The maximum absolute atomic E-state index is 12.7. The summed E-state index contributed by atoms with van der Waals surface area (Å²) in [4.78, 5) is 14.8. The average molecular weight is 316 g/mol. The maximum Gasteiger partial charge on any atom is 0.382 e. The first-order valence-electron chi connectivity index (χ1n) is 5.18. The van der Waals surface area contributed by atoms with Gasteiger partial charge in [0.2, 0.25) is 0 Å². The van der Waals surface area contributed by atoms with Crippen LogP contribution in [0.25, 0.3) is 0 Å². The van der Waals surface area contributed by atoms with Crippen molar-refractivity contribution in [3.05, 3.63) is 22.7 Å². The Labute approximate surface area is 116 Å². The van der Waals surface area contributed by atoms with Gasteiger partial charge in [0.1, 0.15) is 18.0 Å². The Bertz CT molecular complexity index is 537. The van der Waals surface area contributed by atoms with Crippen LogP contribution in [0.15, 0.2) is 17.1 Å². The fraction of sp³-hybridized carbons (Fsp3) is 0.556. The number of rotatable bonds is 2. The maximum atomic E-state index is 12.7. The van der Waals surface area contributed by atoms with E-state index in [4.69, 9.17) is 10.8 Å². The molecule has 0 radical (unpaired) electrons. The molecule has 0 bridgehead atoms. The van der Waals surface area contributed by atoms with Crippen LogP contribution in [0, 0.1) is 0 Å². The van der Waals surface area contributed by atoms with E-state index in [9.17, 15) is 23.8 Å². The smallest absolute Gasteiger partial charge is 0.382 e. The predicted octanol–water partition coefficient (Wildman–Crippen LogP) is -1.55. The summed E-state index contributed by atoms with van der Waals surface area (Å²) >= 11 is 0. The fourth-order valence-corrected chi connectivity index (χ4v) is 1.80. The Hall–Kier alpha value is -1.33. The third-order valence-corrected chi connectivity index (χ3v) is 2.71. The number of alkyl halides is 2. The largest absolute Gasteiger partial charge is 0.387 e. The number of anilines is 1. The van der Waals surface area contributed by atoms with E-state index in [1.165, 1.54) is 6.07 Å². The number of aromatic nitrogens is 2. The van der Waals surface area contributed by atoms with E-state index in [1.54, 1.807) is 0 Å². The summed E-state index contributed by atoms with van der Waals surface area (Å²) in [6.07, 6.45) is -11.1. The highest BCUT2D eigenvalue weighted by atomic mass is 35.5. The second-order valence-electron chi connectivity index (χ2n) is 4.06. The summed E-state index contributed by atoms with van der Waals surface area (Å²) in [6, 6.07) is 1.19. The Morgan fingerprint density at radius 1 is 1.40 bits per heavy atom. The van der Waals surface area contributed by atoms with E-state index in [1.807, 2.05) is 0 Å². The summed E-state index contributed by atoms with van der Waals surface area (Å²) in [7, 11) is 0. The molecule has 1 aromatic heterocycles. The number of halogens is 3. The Balaban J connectivity index is 0.00000200. The summed E-state index contributed by atoms with van der Waals surface area (Å²) in [5.74, 6) is -0.0988. The first-order valence-corrected chi connectivity index (χ1v) is 5.18. The van der Waals surface area contributed by atoms with Crippen molar-refractivity contribution in [2.75, 3.05) is 5.73 Å². The van der Waals surface area contributed by atoms with E-state index in [2.05, 4.69) is 9.72 Å². The minimum atomic E-state index is -4.36. The number of nitrogens with zero attached hydrogens (tertiary/aromatic N) is 2. The number of aliphatic hydroxyl groups is 3. The number of nitrogen functional groups attached to an aromatic ring is 1. The van der Waals surface area contributed by atoms with Gasteiger partial charge in [-0.15, -0.1) is 12.4 Å². The molecule has 1 saturated heterocycles. The zero-order chi connectivity index (χ0) is 14.4. The third kappa shape index (κ3) is 2.88. The van der Waals surface area contributed by atoms with Crippen molar-refractivity contribution < 1.29 is 28.8 Å². The van der Waals surface area contributed by atoms with Gasteiger partial charge in [0.15, 0.2) is 12.3 Å². The highest BCUT2D eigenvalue weighted by Crippen LogP contribution is 2.35. The molecule has 20 heavy (non-hydrogen) atoms. The van der Waals surface area contributed by atoms with Crippen LogP contribution in [0.3, 0.4) is 0 Å². The molecule has 0 saturated carbocycles. The second kappa shape index (κ2) is 5.58. The molecular formula is C9H12ClF2N3O5. The normalized spacial score (nSPS) is 30.1. The topological polar surface area (TPSA) is 131 Å². The standard InChI is InChI=1S/C9H11F2N3O5.ClH/c10-9(11,18)6-4(15)5(16)7(19-6)14-2-1-3(12)13-8(14)17;/h1-2,4-7,15-16,18H,(H2,12,13,17);1H/t4-,5+,6-,7+;/m0./s1. The molecule has 1 aliphatic heterocycles. The molecule has 0 aliphatic carbocycles. The van der Waals surface area contributed by atoms with Gasteiger partial charge in [-0.25, -0.2) is 4.79 Å². The molecule has 2 rings (SSSR count). The van der Waals surface area contributed by atoms with Crippen molar-refractivity contribution in [1.82, 2.24) is 9.55 Å². The van der Waals surface area contributed by atoms with Crippen LogP contribution in [-0.2, 0) is 4.74 Å². The van der Waals surface area contributed by atoms with Crippen LogP contribution in [0.1, 0.15) is 6.23 Å². The Morgan fingerprint density at radius 3 is 2.45 bits per heavy atom. The molecule has 1 aliphatic rings. The molecule has 0 spiro atoms. The minimum Gasteiger partial charge on any atom is -0.387 e. The molecular weight excluding hydrogens is 304 g/mol. The van der Waals surface area contributed by atoms with Crippen LogP contribution in [0.5, 0.6) is 0 Å². The molecule has 11 heteroatoms. The summed E-state index contributed by atoms with van der Waals surface area (Å²) in [5, 5.41) is 27.5. The highest BCUT2D eigenvalue weighted by molar-refractivity contribution is 5.85. The lowest BCUT2D eigenvalue weighted by Crippen LogP contribution is -2.43. The van der Waals surface area contributed by atoms with Crippen molar-refractivity contribution in [2.45, 2.75) is 30.6 Å². The number of hydrogen-bond donors (Lipinski definition) is 4. The van der Waals surface area contributed by atoms with E-state index >= 15 is 0 Å². The van der Waals surface area contributed by atoms with E-state index in [0.29, 0.717) is 4.57 Å². The van der Waals surface area contributed by atoms with Crippen molar-refractivity contribution in [3.63, 3.8) is 0 Å². The van der Waals surface area contributed by atoms with Crippen molar-refractivity contribution in [1.29, 1.82) is 0 Å². The Kier molecular flexibility index (Phi) is 4.66. The SMILES string of the molecule is Cl.Nc1ccn([C@@H]2O[C@H](C(O)(F)F)[C@@H](O)[C@H]2O)c(=O)n1. The molecule has 114 valence electrons. The molecule has 1 fully saturated rings. The van der Waals surface area contributed by atoms with Crippen LogP contribution in [0.4, 0.5) is 14.6 Å². The second-order valence-corrected chi connectivity index (χ2v) is 4.06. The summed E-state index contributed by atoms with van der Waals surface area (Å²) < 4.78 is 30.8. The van der Waals surface area contributed by atoms with Gasteiger partial charge >= 0.3 is 11.8 Å². The van der Waals surface area contributed by atoms with Gasteiger partial charge in [0.05, 0.1) is 0 Å². The molecule has 2 heterocycles. The van der Waals surface area contributed by atoms with Crippen LogP contribution in [-0.4, -0.2) is 49.3 Å². The lowest BCUT2D eigenvalue weighted by Gasteiger charge is -2.19. The van der Waals surface area contributed by atoms with Crippen molar-refractivity contribution in [2.24, 2.45) is 0 Å². The molecule has 1 aromatic rings. The fourth-order valence-electron chi connectivity index (χ4n) is 1.80. The molecule has 8 nitrogen and oxygen atoms in total. The number of nitrogens with two attached hydrogens (primary N) is 1. The molecule has 0 amide bonds. The van der Waals surface area contributed by atoms with Crippen LogP contribution < -0.4 is 11.4 Å². The number of hydrogen-bond acceptors (Lipinski definition) is 7. The van der Waals surface area contributed by atoms with Gasteiger partial charge < -0.3 is 25.8 Å². The van der Waals surface area contributed by atoms with E-state index in [-0.39, 0.29) is 18.2 Å². The Morgan fingerprint density at radius 2 is 2.00 bits per heavy atom. The highest BCUT2D eigenvalue weighted by Gasteiger charge is 2.55. The first kappa shape index (κ1) is 16.7. The van der Waals surface area contributed by atoms with Gasteiger partial charge in [-0.05, 0) is 6.07 Å². The zero-order valence-corrected chi connectivity index (χ0v) is 10.6. The van der Waals surface area contributed by atoms with Gasteiger partial charge in [0, 0.05) is 6.20 Å².